The number of carbonyl (C=O) groups excluding carboxylic acids is 2. The lowest BCUT2D eigenvalue weighted by molar-refractivity contribution is -0.126. The number of nitrogens with one attached hydrogen (secondary N) is 2. The van der Waals surface area contributed by atoms with Crippen molar-refractivity contribution in [3.8, 4) is 0 Å². The Morgan fingerprint density at radius 1 is 1.12 bits per heavy atom. The molecule has 3 heterocycles. The first-order valence-corrected chi connectivity index (χ1v) is 11.3. The first-order valence-electron chi connectivity index (χ1n) is 11.3. The monoisotopic (exact) mass is 453 g/mol. The Bertz CT molecular complexity index is 1050. The van der Waals surface area contributed by atoms with Crippen LogP contribution >= 0.6 is 0 Å². The van der Waals surface area contributed by atoms with E-state index >= 15 is 0 Å². The zero-order valence-electron chi connectivity index (χ0n) is 19.0. The van der Waals surface area contributed by atoms with Gasteiger partial charge in [-0.25, -0.2) is 4.79 Å². The third-order valence-electron chi connectivity index (χ3n) is 6.56. The molecule has 33 heavy (non-hydrogen) atoms. The molecule has 3 amide bonds. The van der Waals surface area contributed by atoms with Gasteiger partial charge in [0.15, 0.2) is 0 Å². The number of nitrogens with zero attached hydrogens (tertiary/aromatic N) is 3. The molecule has 1 aromatic heterocycles. The number of anilines is 1. The number of aliphatic hydroxyl groups excluding tert-OH is 1. The van der Waals surface area contributed by atoms with E-state index in [0.717, 1.165) is 13.0 Å². The van der Waals surface area contributed by atoms with Crippen molar-refractivity contribution in [1.29, 1.82) is 0 Å². The fraction of sp³-hybridized carbons (Fsp3) is 0.458. The van der Waals surface area contributed by atoms with Gasteiger partial charge >= 0.3 is 6.03 Å². The van der Waals surface area contributed by atoms with Crippen molar-refractivity contribution in [1.82, 2.24) is 19.7 Å². The van der Waals surface area contributed by atoms with Crippen molar-refractivity contribution in [3.63, 3.8) is 0 Å². The number of hydrogen-bond acceptors (Lipinski definition) is 5. The number of aromatic nitrogens is 1. The minimum Gasteiger partial charge on any atom is -0.396 e. The highest BCUT2D eigenvalue weighted by molar-refractivity contribution is 5.95. The fourth-order valence-corrected chi connectivity index (χ4v) is 5.08. The summed E-state index contributed by atoms with van der Waals surface area (Å²) in [5.74, 6) is -0.996. The van der Waals surface area contributed by atoms with Gasteiger partial charge in [0.1, 0.15) is 6.04 Å². The molecular formula is C24H31N5O4. The molecule has 0 spiro atoms. The van der Waals surface area contributed by atoms with Crippen molar-refractivity contribution in [2.75, 3.05) is 39.1 Å². The molecule has 0 aliphatic carbocycles. The van der Waals surface area contributed by atoms with E-state index in [9.17, 15) is 19.5 Å². The Balaban J connectivity index is 1.65. The number of para-hydroxylation sites is 1. The number of rotatable bonds is 7. The summed E-state index contributed by atoms with van der Waals surface area (Å²) >= 11 is 0. The molecule has 1 aromatic carbocycles. The Morgan fingerprint density at radius 3 is 2.58 bits per heavy atom. The average molecular weight is 454 g/mol. The minimum absolute atomic E-state index is 0.147. The Hall–Kier alpha value is -3.17. The molecule has 0 saturated carbocycles. The highest BCUT2D eigenvalue weighted by atomic mass is 16.3. The van der Waals surface area contributed by atoms with Crippen LogP contribution in [0, 0.1) is 11.8 Å². The zero-order valence-corrected chi connectivity index (χ0v) is 19.0. The summed E-state index contributed by atoms with van der Waals surface area (Å²) in [5.41, 5.74) is 1.16. The van der Waals surface area contributed by atoms with Gasteiger partial charge in [-0.1, -0.05) is 24.3 Å². The van der Waals surface area contributed by atoms with Crippen LogP contribution in [0.15, 0.2) is 53.3 Å². The van der Waals surface area contributed by atoms with Gasteiger partial charge in [0, 0.05) is 49.0 Å². The second-order valence-corrected chi connectivity index (χ2v) is 8.95. The van der Waals surface area contributed by atoms with Crippen LogP contribution in [-0.4, -0.2) is 71.2 Å². The number of benzene rings is 1. The minimum atomic E-state index is -0.836. The number of urea groups is 1. The van der Waals surface area contributed by atoms with Crippen molar-refractivity contribution >= 4 is 17.6 Å². The summed E-state index contributed by atoms with van der Waals surface area (Å²) in [5, 5.41) is 16.1. The fourth-order valence-electron chi connectivity index (χ4n) is 5.08. The lowest BCUT2D eigenvalue weighted by Gasteiger charge is -2.31. The van der Waals surface area contributed by atoms with Gasteiger partial charge in [0.05, 0.1) is 6.04 Å². The lowest BCUT2D eigenvalue weighted by Crippen LogP contribution is -2.51. The van der Waals surface area contributed by atoms with Gasteiger partial charge in [-0.15, -0.1) is 0 Å². The maximum Gasteiger partial charge on any atom is 0.323 e. The van der Waals surface area contributed by atoms with E-state index in [1.807, 2.05) is 43.3 Å². The molecule has 1 fully saturated rings. The number of carbonyl (C=O) groups is 2. The molecule has 0 unspecified atom stereocenters. The zero-order chi connectivity index (χ0) is 23.5. The molecule has 4 rings (SSSR count). The number of fused-ring (bicyclic) bond motifs is 3. The molecule has 0 radical (unpaired) electrons. The number of hydrogen-bond donors (Lipinski definition) is 3. The molecule has 9 nitrogen and oxygen atoms in total. The Kier molecular flexibility index (Phi) is 6.80. The average Bonchev–Trinajstić information content (AvgIpc) is 3.32. The molecule has 9 heteroatoms. The van der Waals surface area contributed by atoms with Crippen molar-refractivity contribution in [2.24, 2.45) is 11.8 Å². The van der Waals surface area contributed by atoms with E-state index < -0.39 is 24.0 Å². The highest BCUT2D eigenvalue weighted by Crippen LogP contribution is 2.49. The van der Waals surface area contributed by atoms with Crippen LogP contribution in [0.1, 0.15) is 18.2 Å². The first kappa shape index (κ1) is 23.0. The predicted molar refractivity (Wildman–Crippen MR) is 125 cm³/mol. The molecule has 4 atom stereocenters. The molecule has 2 aromatic rings. The van der Waals surface area contributed by atoms with E-state index in [0.29, 0.717) is 24.5 Å². The van der Waals surface area contributed by atoms with Crippen LogP contribution in [0.2, 0.25) is 0 Å². The van der Waals surface area contributed by atoms with Crippen molar-refractivity contribution < 1.29 is 14.7 Å². The van der Waals surface area contributed by atoms with Crippen molar-refractivity contribution in [3.05, 3.63) is 64.6 Å². The maximum atomic E-state index is 13.5. The molecule has 0 bridgehead atoms. The second kappa shape index (κ2) is 9.76. The number of pyridine rings is 1. The van der Waals surface area contributed by atoms with Crippen LogP contribution in [0.5, 0.6) is 0 Å². The third-order valence-corrected chi connectivity index (χ3v) is 6.56. The Morgan fingerprint density at radius 2 is 1.88 bits per heavy atom. The van der Waals surface area contributed by atoms with E-state index in [2.05, 4.69) is 10.6 Å². The smallest absolute Gasteiger partial charge is 0.323 e. The van der Waals surface area contributed by atoms with Crippen LogP contribution in [-0.2, 0) is 11.3 Å². The second-order valence-electron chi connectivity index (χ2n) is 8.95. The van der Waals surface area contributed by atoms with Gasteiger partial charge in [0.25, 0.3) is 5.56 Å². The summed E-state index contributed by atoms with van der Waals surface area (Å²) in [4.78, 5) is 42.8. The van der Waals surface area contributed by atoms with E-state index in [1.165, 1.54) is 11.0 Å². The first-order chi connectivity index (χ1) is 15.9. The molecule has 2 aliphatic rings. The largest absolute Gasteiger partial charge is 0.396 e. The summed E-state index contributed by atoms with van der Waals surface area (Å²) in [6.45, 7) is 1.42. The van der Waals surface area contributed by atoms with Crippen molar-refractivity contribution in [2.45, 2.75) is 25.0 Å². The van der Waals surface area contributed by atoms with E-state index in [4.69, 9.17) is 0 Å². The molecule has 1 saturated heterocycles. The van der Waals surface area contributed by atoms with Gasteiger partial charge in [-0.3, -0.25) is 9.59 Å². The number of aliphatic hydroxyl groups is 1. The van der Waals surface area contributed by atoms with Gasteiger partial charge in [0.2, 0.25) is 5.91 Å². The summed E-state index contributed by atoms with van der Waals surface area (Å²) in [6.07, 6.45) is 0.774. The quantitative estimate of drug-likeness (QED) is 0.545. The van der Waals surface area contributed by atoms with E-state index in [1.54, 1.807) is 22.8 Å². The summed E-state index contributed by atoms with van der Waals surface area (Å²) in [6, 6.07) is 12.3. The number of amides is 3. The SMILES string of the molecule is CN(C)CCCNC(=O)[C@H]1[C@H](CO)[C@H]2Cn3c(cccc3=O)[C@H]2N1C(=O)Nc1ccccc1. The molecule has 2 aliphatic heterocycles. The standard InChI is InChI=1S/C24H31N5O4/c1-27(2)13-7-12-25-23(32)22-18(15-30)17-14-28-19(10-6-11-20(28)31)21(17)29(22)24(33)26-16-8-4-3-5-9-16/h3-6,8-11,17-18,21-22,30H,7,12-15H2,1-2H3,(H,25,32)(H,26,33)/t17-,18-,21+,22-/m1/s1. The predicted octanol–water partition coefficient (Wildman–Crippen LogP) is 1.11. The Labute approximate surface area is 193 Å². The van der Waals surface area contributed by atoms with E-state index in [-0.39, 0.29) is 24.0 Å². The third kappa shape index (κ3) is 4.51. The summed E-state index contributed by atoms with van der Waals surface area (Å²) < 4.78 is 1.64. The van der Waals surface area contributed by atoms with Crippen LogP contribution in [0.25, 0.3) is 0 Å². The lowest BCUT2D eigenvalue weighted by atomic mass is 9.88. The van der Waals surface area contributed by atoms with Crippen LogP contribution < -0.4 is 16.2 Å². The van der Waals surface area contributed by atoms with Gasteiger partial charge in [-0.2, -0.15) is 0 Å². The van der Waals surface area contributed by atoms with Gasteiger partial charge < -0.3 is 30.1 Å². The number of likely N-dealkylation sites (tertiary alicyclic amines) is 1. The van der Waals surface area contributed by atoms with Gasteiger partial charge in [-0.05, 0) is 45.3 Å². The maximum absolute atomic E-state index is 13.5. The highest BCUT2D eigenvalue weighted by Gasteiger charge is 2.57. The normalized spacial score (nSPS) is 23.3. The summed E-state index contributed by atoms with van der Waals surface area (Å²) in [7, 11) is 3.94. The van der Waals surface area contributed by atoms with Crippen LogP contribution in [0.4, 0.5) is 10.5 Å². The topological polar surface area (TPSA) is 107 Å². The molecule has 3 N–H and O–H groups in total. The van der Waals surface area contributed by atoms with Crippen LogP contribution in [0.3, 0.4) is 0 Å². The molecule has 176 valence electrons. The molecular weight excluding hydrogens is 422 g/mol.